The Kier molecular flexibility index (Phi) is 4.50. The summed E-state index contributed by atoms with van der Waals surface area (Å²) in [6, 6.07) is 10.3. The molecule has 2 aromatic carbocycles. The topological polar surface area (TPSA) is 26.0 Å². The van der Waals surface area contributed by atoms with E-state index in [0.29, 0.717) is 6.54 Å². The van der Waals surface area contributed by atoms with Gasteiger partial charge in [0.2, 0.25) is 0 Å². The molecule has 1 nitrogen and oxygen atoms in total. The molecule has 2 rings (SSSR count). The number of rotatable bonds is 4. The van der Waals surface area contributed by atoms with Crippen LogP contribution in [0.25, 0.3) is 0 Å². The van der Waals surface area contributed by atoms with E-state index >= 15 is 0 Å². The van der Waals surface area contributed by atoms with Crippen LogP contribution < -0.4 is 5.73 Å². The second-order valence-electron chi connectivity index (χ2n) is 5.31. The Labute approximate surface area is 118 Å². The van der Waals surface area contributed by atoms with Gasteiger partial charge in [0.25, 0.3) is 0 Å². The zero-order valence-electron chi connectivity index (χ0n) is 11.8. The zero-order chi connectivity index (χ0) is 14.7. The van der Waals surface area contributed by atoms with Gasteiger partial charge in [0, 0.05) is 5.92 Å². The molecule has 20 heavy (non-hydrogen) atoms. The van der Waals surface area contributed by atoms with Crippen molar-refractivity contribution < 1.29 is 8.78 Å². The van der Waals surface area contributed by atoms with Gasteiger partial charge in [-0.1, -0.05) is 35.4 Å². The SMILES string of the molecule is Cc1cc(C)cc(CC(CN)c2ccc(F)c(F)c2)c1. The van der Waals surface area contributed by atoms with Crippen molar-refractivity contribution >= 4 is 0 Å². The first-order chi connectivity index (χ1) is 9.49. The van der Waals surface area contributed by atoms with Crippen molar-refractivity contribution in [2.24, 2.45) is 5.73 Å². The molecule has 0 heterocycles. The molecule has 1 atom stereocenters. The van der Waals surface area contributed by atoms with E-state index in [1.54, 1.807) is 6.07 Å². The molecule has 106 valence electrons. The van der Waals surface area contributed by atoms with E-state index in [9.17, 15) is 8.78 Å². The molecule has 0 aliphatic heterocycles. The highest BCUT2D eigenvalue weighted by molar-refractivity contribution is 5.31. The second kappa shape index (κ2) is 6.14. The Morgan fingerprint density at radius 3 is 2.15 bits per heavy atom. The van der Waals surface area contributed by atoms with Crippen LogP contribution in [0.5, 0.6) is 0 Å². The van der Waals surface area contributed by atoms with E-state index in [2.05, 4.69) is 18.2 Å². The molecule has 0 fully saturated rings. The van der Waals surface area contributed by atoms with Crippen molar-refractivity contribution in [1.82, 2.24) is 0 Å². The van der Waals surface area contributed by atoms with Crippen LogP contribution in [-0.2, 0) is 6.42 Å². The fourth-order valence-corrected chi connectivity index (χ4v) is 2.57. The number of hydrogen-bond acceptors (Lipinski definition) is 1. The van der Waals surface area contributed by atoms with Crippen LogP contribution in [0.15, 0.2) is 36.4 Å². The lowest BCUT2D eigenvalue weighted by Crippen LogP contribution is -2.15. The maximum atomic E-state index is 13.3. The van der Waals surface area contributed by atoms with Gasteiger partial charge in [-0.15, -0.1) is 0 Å². The average molecular weight is 275 g/mol. The second-order valence-corrected chi connectivity index (χ2v) is 5.31. The molecule has 0 bridgehead atoms. The Bertz CT molecular complexity index is 588. The number of halogens is 2. The van der Waals surface area contributed by atoms with E-state index in [1.807, 2.05) is 13.8 Å². The van der Waals surface area contributed by atoms with E-state index < -0.39 is 11.6 Å². The summed E-state index contributed by atoms with van der Waals surface area (Å²) >= 11 is 0. The lowest BCUT2D eigenvalue weighted by Gasteiger charge is -2.16. The molecule has 0 radical (unpaired) electrons. The summed E-state index contributed by atoms with van der Waals surface area (Å²) in [5, 5.41) is 0. The zero-order valence-corrected chi connectivity index (χ0v) is 11.8. The minimum atomic E-state index is -0.823. The number of hydrogen-bond donors (Lipinski definition) is 1. The highest BCUT2D eigenvalue weighted by Gasteiger charge is 2.13. The van der Waals surface area contributed by atoms with E-state index in [0.717, 1.165) is 18.1 Å². The summed E-state index contributed by atoms with van der Waals surface area (Å²) < 4.78 is 26.3. The molecule has 2 N–H and O–H groups in total. The maximum Gasteiger partial charge on any atom is 0.159 e. The first-order valence-electron chi connectivity index (χ1n) is 6.72. The predicted molar refractivity (Wildman–Crippen MR) is 77.8 cm³/mol. The van der Waals surface area contributed by atoms with Gasteiger partial charge in [0.1, 0.15) is 0 Å². The summed E-state index contributed by atoms with van der Waals surface area (Å²) in [4.78, 5) is 0. The normalized spacial score (nSPS) is 12.4. The molecular formula is C17H19F2N. The van der Waals surface area contributed by atoms with Crippen LogP contribution in [-0.4, -0.2) is 6.54 Å². The minimum absolute atomic E-state index is 0.00806. The molecule has 0 aromatic heterocycles. The molecule has 1 unspecified atom stereocenters. The Hall–Kier alpha value is -1.74. The molecule has 3 heteroatoms. The summed E-state index contributed by atoms with van der Waals surface area (Å²) in [6.45, 7) is 4.50. The van der Waals surface area contributed by atoms with Crippen LogP contribution in [0.3, 0.4) is 0 Å². The summed E-state index contributed by atoms with van der Waals surface area (Å²) in [5.41, 5.74) is 10.1. The predicted octanol–water partition coefficient (Wildman–Crippen LogP) is 3.87. The smallest absolute Gasteiger partial charge is 0.159 e. The molecule has 2 aromatic rings. The molecule has 0 saturated carbocycles. The van der Waals surface area contributed by atoms with Gasteiger partial charge >= 0.3 is 0 Å². The Balaban J connectivity index is 2.26. The van der Waals surface area contributed by atoms with Crippen molar-refractivity contribution in [3.63, 3.8) is 0 Å². The fraction of sp³-hybridized carbons (Fsp3) is 0.294. The van der Waals surface area contributed by atoms with Gasteiger partial charge in [-0.2, -0.15) is 0 Å². The van der Waals surface area contributed by atoms with Crippen molar-refractivity contribution in [3.05, 3.63) is 70.3 Å². The highest BCUT2D eigenvalue weighted by atomic mass is 19.2. The lowest BCUT2D eigenvalue weighted by atomic mass is 9.91. The van der Waals surface area contributed by atoms with Crippen LogP contribution in [0.2, 0.25) is 0 Å². The Morgan fingerprint density at radius 2 is 1.60 bits per heavy atom. The van der Waals surface area contributed by atoms with Gasteiger partial charge in [0.15, 0.2) is 11.6 Å². The first-order valence-corrected chi connectivity index (χ1v) is 6.72. The molecule has 0 spiro atoms. The lowest BCUT2D eigenvalue weighted by molar-refractivity contribution is 0.505. The third-order valence-electron chi connectivity index (χ3n) is 3.46. The fourth-order valence-electron chi connectivity index (χ4n) is 2.57. The third-order valence-corrected chi connectivity index (χ3v) is 3.46. The van der Waals surface area contributed by atoms with E-state index in [-0.39, 0.29) is 5.92 Å². The molecule has 0 aliphatic carbocycles. The van der Waals surface area contributed by atoms with Crippen molar-refractivity contribution in [1.29, 1.82) is 0 Å². The molecule has 0 amide bonds. The molecular weight excluding hydrogens is 256 g/mol. The number of nitrogens with two attached hydrogens (primary N) is 1. The van der Waals surface area contributed by atoms with Crippen molar-refractivity contribution in [3.8, 4) is 0 Å². The van der Waals surface area contributed by atoms with Gasteiger partial charge in [-0.05, 0) is 50.1 Å². The van der Waals surface area contributed by atoms with Crippen LogP contribution >= 0.6 is 0 Å². The highest BCUT2D eigenvalue weighted by Crippen LogP contribution is 2.23. The summed E-state index contributed by atoms with van der Waals surface area (Å²) in [7, 11) is 0. The van der Waals surface area contributed by atoms with Crippen LogP contribution in [0.4, 0.5) is 8.78 Å². The quantitative estimate of drug-likeness (QED) is 0.900. The van der Waals surface area contributed by atoms with Gasteiger partial charge in [0.05, 0.1) is 0 Å². The first kappa shape index (κ1) is 14.7. The van der Waals surface area contributed by atoms with Crippen molar-refractivity contribution in [2.75, 3.05) is 6.54 Å². The minimum Gasteiger partial charge on any atom is -0.330 e. The number of benzene rings is 2. The summed E-state index contributed by atoms with van der Waals surface area (Å²) in [5.74, 6) is -1.65. The largest absolute Gasteiger partial charge is 0.330 e. The number of aryl methyl sites for hydroxylation is 2. The van der Waals surface area contributed by atoms with Gasteiger partial charge in [-0.25, -0.2) is 8.78 Å². The van der Waals surface area contributed by atoms with Crippen LogP contribution in [0.1, 0.15) is 28.2 Å². The van der Waals surface area contributed by atoms with Crippen LogP contribution in [0, 0.1) is 25.5 Å². The monoisotopic (exact) mass is 275 g/mol. The van der Waals surface area contributed by atoms with Gasteiger partial charge < -0.3 is 5.73 Å². The molecule has 0 aliphatic rings. The standard InChI is InChI=1S/C17H19F2N/c1-11-5-12(2)7-13(6-11)8-15(10-20)14-3-4-16(18)17(19)9-14/h3-7,9,15H,8,10,20H2,1-2H3. The van der Waals surface area contributed by atoms with E-state index in [1.165, 1.54) is 22.8 Å². The third kappa shape index (κ3) is 3.42. The van der Waals surface area contributed by atoms with Gasteiger partial charge in [-0.3, -0.25) is 0 Å². The molecule has 0 saturated heterocycles. The Morgan fingerprint density at radius 1 is 0.950 bits per heavy atom. The average Bonchev–Trinajstić information content (AvgIpc) is 2.38. The maximum absolute atomic E-state index is 13.3. The summed E-state index contributed by atoms with van der Waals surface area (Å²) in [6.07, 6.45) is 0.726. The van der Waals surface area contributed by atoms with Crippen molar-refractivity contribution in [2.45, 2.75) is 26.2 Å². The van der Waals surface area contributed by atoms with E-state index in [4.69, 9.17) is 5.73 Å².